The van der Waals surface area contributed by atoms with Gasteiger partial charge in [0.05, 0.1) is 21.6 Å². The van der Waals surface area contributed by atoms with E-state index >= 15 is 0 Å². The Morgan fingerprint density at radius 3 is 2.51 bits per heavy atom. The van der Waals surface area contributed by atoms with Gasteiger partial charge in [-0.25, -0.2) is 0 Å². The van der Waals surface area contributed by atoms with Gasteiger partial charge in [-0.15, -0.1) is 0 Å². The van der Waals surface area contributed by atoms with Crippen molar-refractivity contribution in [2.45, 2.75) is 27.4 Å². The molecule has 1 fully saturated rings. The second kappa shape index (κ2) is 13.3. The highest BCUT2D eigenvalue weighted by Gasteiger charge is 2.35. The molecule has 39 heavy (non-hydrogen) atoms. The number of hydrogen-bond acceptors (Lipinski definition) is 6. The molecular formula is C29H26Cl2INO5S. The molecule has 204 valence electrons. The number of imide groups is 1. The van der Waals surface area contributed by atoms with Crippen LogP contribution in [0.2, 0.25) is 10.0 Å². The van der Waals surface area contributed by atoms with Gasteiger partial charge in [-0.2, -0.15) is 0 Å². The van der Waals surface area contributed by atoms with Crippen LogP contribution in [-0.4, -0.2) is 35.8 Å². The molecule has 1 aliphatic rings. The van der Waals surface area contributed by atoms with Crippen LogP contribution in [0.5, 0.6) is 17.2 Å². The van der Waals surface area contributed by atoms with Crippen molar-refractivity contribution in [1.82, 2.24) is 4.90 Å². The van der Waals surface area contributed by atoms with Crippen LogP contribution >= 0.6 is 57.6 Å². The molecule has 0 bridgehead atoms. The summed E-state index contributed by atoms with van der Waals surface area (Å²) in [4.78, 5) is 27.2. The second-order valence-electron chi connectivity index (χ2n) is 8.74. The number of nitrogens with zero attached hydrogens (tertiary/aromatic N) is 1. The third-order valence-corrected chi connectivity index (χ3v) is 8.10. The molecule has 1 saturated heterocycles. The molecule has 1 aliphatic heterocycles. The lowest BCUT2D eigenvalue weighted by molar-refractivity contribution is -0.123. The van der Waals surface area contributed by atoms with Crippen LogP contribution in [0, 0.1) is 17.4 Å². The largest absolute Gasteiger partial charge is 0.491 e. The summed E-state index contributed by atoms with van der Waals surface area (Å²) in [5.41, 5.74) is 3.59. The first-order valence-electron chi connectivity index (χ1n) is 12.1. The summed E-state index contributed by atoms with van der Waals surface area (Å²) >= 11 is 15.4. The molecule has 2 amide bonds. The van der Waals surface area contributed by atoms with E-state index in [4.69, 9.17) is 37.4 Å². The zero-order valence-electron chi connectivity index (χ0n) is 21.6. The number of hydrogen-bond donors (Lipinski definition) is 0. The summed E-state index contributed by atoms with van der Waals surface area (Å²) < 4.78 is 18.6. The van der Waals surface area contributed by atoms with E-state index < -0.39 is 0 Å². The Bertz CT molecular complexity index is 1450. The van der Waals surface area contributed by atoms with Crippen molar-refractivity contribution in [3.8, 4) is 17.2 Å². The number of ether oxygens (including phenoxy) is 3. The van der Waals surface area contributed by atoms with E-state index in [1.165, 1.54) is 4.90 Å². The Balaban J connectivity index is 1.47. The van der Waals surface area contributed by atoms with Gasteiger partial charge >= 0.3 is 0 Å². The Kier molecular flexibility index (Phi) is 10.1. The summed E-state index contributed by atoms with van der Waals surface area (Å²) in [7, 11) is 0. The van der Waals surface area contributed by atoms with Gasteiger partial charge in [0, 0.05) is 15.6 Å². The van der Waals surface area contributed by atoms with Crippen LogP contribution in [0.25, 0.3) is 6.08 Å². The monoisotopic (exact) mass is 697 g/mol. The van der Waals surface area contributed by atoms with Gasteiger partial charge in [0.1, 0.15) is 19.0 Å². The quantitative estimate of drug-likeness (QED) is 0.157. The number of aryl methyl sites for hydroxylation is 2. The summed E-state index contributed by atoms with van der Waals surface area (Å²) in [6.07, 6.45) is 1.70. The van der Waals surface area contributed by atoms with Crippen LogP contribution < -0.4 is 14.2 Å². The molecule has 3 aromatic rings. The Labute approximate surface area is 255 Å². The van der Waals surface area contributed by atoms with Crippen molar-refractivity contribution in [1.29, 1.82) is 0 Å². The van der Waals surface area contributed by atoms with E-state index in [0.717, 1.165) is 43.3 Å². The summed E-state index contributed by atoms with van der Waals surface area (Å²) in [6.45, 7) is 6.86. The molecule has 0 N–H and O–H groups in total. The predicted molar refractivity (Wildman–Crippen MR) is 165 cm³/mol. The number of halogens is 3. The van der Waals surface area contributed by atoms with E-state index in [0.29, 0.717) is 33.1 Å². The molecule has 0 aliphatic carbocycles. The molecule has 0 saturated carbocycles. The summed E-state index contributed by atoms with van der Waals surface area (Å²) in [6, 6.07) is 14.8. The minimum absolute atomic E-state index is 0.164. The fourth-order valence-electron chi connectivity index (χ4n) is 3.82. The van der Waals surface area contributed by atoms with Gasteiger partial charge < -0.3 is 14.2 Å². The second-order valence-corrected chi connectivity index (χ2v) is 11.7. The lowest BCUT2D eigenvalue weighted by Gasteiger charge is -2.16. The Hall–Kier alpha value is -2.40. The number of carbonyl (C=O) groups is 2. The third-order valence-electron chi connectivity index (χ3n) is 5.81. The Morgan fingerprint density at radius 2 is 1.77 bits per heavy atom. The minimum Gasteiger partial charge on any atom is -0.491 e. The maximum Gasteiger partial charge on any atom is 0.293 e. The molecule has 0 atom stereocenters. The van der Waals surface area contributed by atoms with Gasteiger partial charge in [-0.05, 0) is 108 Å². The fraction of sp³-hybridized carbons (Fsp3) is 0.241. The lowest BCUT2D eigenvalue weighted by Crippen LogP contribution is -2.32. The third kappa shape index (κ3) is 7.42. The molecule has 0 unspecified atom stereocenters. The lowest BCUT2D eigenvalue weighted by atomic mass is 10.1. The van der Waals surface area contributed by atoms with Crippen LogP contribution in [0.4, 0.5) is 4.79 Å². The molecular weight excluding hydrogens is 672 g/mol. The van der Waals surface area contributed by atoms with Crippen molar-refractivity contribution in [2.24, 2.45) is 0 Å². The summed E-state index contributed by atoms with van der Waals surface area (Å²) in [5, 5.41) is 0.744. The van der Waals surface area contributed by atoms with Gasteiger partial charge in [0.2, 0.25) is 0 Å². The van der Waals surface area contributed by atoms with Crippen molar-refractivity contribution < 1.29 is 23.8 Å². The molecule has 1 heterocycles. The summed E-state index contributed by atoms with van der Waals surface area (Å²) in [5.74, 6) is 1.50. The molecule has 0 radical (unpaired) electrons. The molecule has 0 spiro atoms. The zero-order chi connectivity index (χ0) is 28.1. The number of amides is 2. The Morgan fingerprint density at radius 1 is 0.974 bits per heavy atom. The van der Waals surface area contributed by atoms with Crippen LogP contribution in [0.15, 0.2) is 53.4 Å². The molecule has 4 rings (SSSR count). The standard InChI is InChI=1S/C29H26Cl2INO5S/c1-4-36-25-13-19(12-23(32)27(25)38-16-20-7-8-21(30)15-22(20)31)14-26-28(34)33(29(35)39-26)9-10-37-24-11-17(2)5-6-18(24)3/h5-8,11-15H,4,9-10,16H2,1-3H3/b26-14-. The molecule has 3 aromatic carbocycles. The average molecular weight is 698 g/mol. The predicted octanol–water partition coefficient (Wildman–Crippen LogP) is 8.31. The highest BCUT2D eigenvalue weighted by Crippen LogP contribution is 2.38. The van der Waals surface area contributed by atoms with E-state index in [2.05, 4.69) is 22.6 Å². The van der Waals surface area contributed by atoms with Gasteiger partial charge in [-0.3, -0.25) is 14.5 Å². The van der Waals surface area contributed by atoms with Crippen LogP contribution in [-0.2, 0) is 11.4 Å². The number of thioether (sulfide) groups is 1. The van der Waals surface area contributed by atoms with E-state index in [9.17, 15) is 9.59 Å². The molecule has 10 heteroatoms. The maximum absolute atomic E-state index is 13.0. The SMILES string of the molecule is CCOc1cc(/C=C2\SC(=O)N(CCOc3cc(C)ccc3C)C2=O)cc(I)c1OCc1ccc(Cl)cc1Cl. The molecule has 0 aromatic heterocycles. The first kappa shape index (κ1) is 29.6. The smallest absolute Gasteiger partial charge is 0.293 e. The van der Waals surface area contributed by atoms with Gasteiger partial charge in [-0.1, -0.05) is 41.4 Å². The first-order valence-corrected chi connectivity index (χ1v) is 14.8. The van der Waals surface area contributed by atoms with Gasteiger partial charge in [0.15, 0.2) is 11.5 Å². The highest BCUT2D eigenvalue weighted by molar-refractivity contribution is 14.1. The number of benzene rings is 3. The number of carbonyl (C=O) groups excluding carboxylic acids is 2. The number of rotatable bonds is 10. The van der Waals surface area contributed by atoms with Crippen molar-refractivity contribution in [3.05, 3.63) is 89.3 Å². The topological polar surface area (TPSA) is 65.1 Å². The fourth-order valence-corrected chi connectivity index (χ4v) is 5.93. The van der Waals surface area contributed by atoms with Crippen molar-refractivity contribution in [3.63, 3.8) is 0 Å². The van der Waals surface area contributed by atoms with Crippen molar-refractivity contribution in [2.75, 3.05) is 19.8 Å². The van der Waals surface area contributed by atoms with Crippen LogP contribution in [0.1, 0.15) is 29.2 Å². The molecule has 6 nitrogen and oxygen atoms in total. The first-order chi connectivity index (χ1) is 18.7. The maximum atomic E-state index is 13.0. The van der Waals surface area contributed by atoms with E-state index in [-0.39, 0.29) is 30.9 Å². The normalized spacial score (nSPS) is 14.3. The van der Waals surface area contributed by atoms with Crippen LogP contribution in [0.3, 0.4) is 0 Å². The zero-order valence-corrected chi connectivity index (χ0v) is 26.0. The van der Waals surface area contributed by atoms with Crippen molar-refractivity contribution >= 4 is 74.8 Å². The highest BCUT2D eigenvalue weighted by atomic mass is 127. The minimum atomic E-state index is -0.347. The van der Waals surface area contributed by atoms with E-state index in [1.807, 2.05) is 51.1 Å². The van der Waals surface area contributed by atoms with E-state index in [1.54, 1.807) is 24.3 Å². The van der Waals surface area contributed by atoms with Gasteiger partial charge in [0.25, 0.3) is 11.1 Å². The average Bonchev–Trinajstić information content (AvgIpc) is 3.14.